The molecule has 1 heterocycles. The molecule has 0 saturated carbocycles. The average Bonchev–Trinajstić information content (AvgIpc) is 2.11. The van der Waals surface area contributed by atoms with Crippen molar-refractivity contribution in [1.29, 1.82) is 0 Å². The Morgan fingerprint density at radius 1 is 1.38 bits per heavy atom. The summed E-state index contributed by atoms with van der Waals surface area (Å²) < 4.78 is 6.33. The van der Waals surface area contributed by atoms with Crippen LogP contribution in [0.3, 0.4) is 0 Å². The molecule has 0 aliphatic rings. The van der Waals surface area contributed by atoms with Gasteiger partial charge in [0.05, 0.1) is 12.3 Å². The summed E-state index contributed by atoms with van der Waals surface area (Å²) in [4.78, 5) is 26.1. The van der Waals surface area contributed by atoms with E-state index in [2.05, 4.69) is 4.98 Å². The Morgan fingerprint density at radius 2 is 2.00 bits per heavy atom. The highest BCUT2D eigenvalue weighted by molar-refractivity contribution is 5.00. The van der Waals surface area contributed by atoms with Gasteiger partial charge in [-0.25, -0.2) is 4.79 Å². The molecule has 16 heavy (non-hydrogen) atoms. The standard InChI is InChI=1S/C11H18N2O3/c1-5-16-7-8-6-9(14)13(10(15)12-8)11(2,3)4/h6H,5,7H2,1-4H3,(H,12,15). The van der Waals surface area contributed by atoms with Crippen molar-refractivity contribution < 1.29 is 4.74 Å². The van der Waals surface area contributed by atoms with Crippen LogP contribution in [0.15, 0.2) is 15.7 Å². The van der Waals surface area contributed by atoms with E-state index in [1.165, 1.54) is 10.6 Å². The zero-order chi connectivity index (χ0) is 12.3. The number of H-pyrrole nitrogens is 1. The molecule has 5 nitrogen and oxygen atoms in total. The summed E-state index contributed by atoms with van der Waals surface area (Å²) in [6, 6.07) is 1.41. The summed E-state index contributed by atoms with van der Waals surface area (Å²) >= 11 is 0. The van der Waals surface area contributed by atoms with Crippen LogP contribution >= 0.6 is 0 Å². The number of nitrogens with one attached hydrogen (secondary N) is 1. The minimum absolute atomic E-state index is 0.256. The summed E-state index contributed by atoms with van der Waals surface area (Å²) in [5.74, 6) is 0. The van der Waals surface area contributed by atoms with Crippen LogP contribution in [-0.2, 0) is 16.9 Å². The van der Waals surface area contributed by atoms with Crippen LogP contribution in [0.25, 0.3) is 0 Å². The lowest BCUT2D eigenvalue weighted by Gasteiger charge is -2.20. The van der Waals surface area contributed by atoms with Crippen molar-refractivity contribution in [2.24, 2.45) is 0 Å². The first kappa shape index (κ1) is 12.7. The first-order valence-electron chi connectivity index (χ1n) is 5.29. The molecule has 1 aromatic rings. The maximum Gasteiger partial charge on any atom is 0.329 e. The first-order chi connectivity index (χ1) is 7.36. The Balaban J connectivity index is 3.19. The SMILES string of the molecule is CCOCc1cc(=O)n(C(C)(C)C)c(=O)[nH]1. The topological polar surface area (TPSA) is 64.1 Å². The molecule has 0 saturated heterocycles. The van der Waals surface area contributed by atoms with E-state index < -0.39 is 11.2 Å². The largest absolute Gasteiger partial charge is 0.376 e. The zero-order valence-corrected chi connectivity index (χ0v) is 10.2. The van der Waals surface area contributed by atoms with Crippen molar-refractivity contribution in [3.05, 3.63) is 32.6 Å². The van der Waals surface area contributed by atoms with Crippen molar-refractivity contribution in [2.75, 3.05) is 6.61 Å². The summed E-state index contributed by atoms with van der Waals surface area (Å²) in [7, 11) is 0. The highest BCUT2D eigenvalue weighted by Crippen LogP contribution is 2.06. The van der Waals surface area contributed by atoms with Gasteiger partial charge in [-0.2, -0.15) is 0 Å². The highest BCUT2D eigenvalue weighted by Gasteiger charge is 2.18. The van der Waals surface area contributed by atoms with Gasteiger partial charge in [-0.15, -0.1) is 0 Å². The van der Waals surface area contributed by atoms with Crippen molar-refractivity contribution in [3.8, 4) is 0 Å². The third-order valence-electron chi connectivity index (χ3n) is 2.12. The number of aromatic amines is 1. The Labute approximate surface area is 94.1 Å². The molecule has 0 bridgehead atoms. The second-order valence-corrected chi connectivity index (χ2v) is 4.58. The molecule has 0 aliphatic heterocycles. The van der Waals surface area contributed by atoms with E-state index in [-0.39, 0.29) is 12.2 Å². The van der Waals surface area contributed by atoms with Gasteiger partial charge >= 0.3 is 5.69 Å². The second kappa shape index (κ2) is 4.65. The van der Waals surface area contributed by atoms with Crippen molar-refractivity contribution >= 4 is 0 Å². The lowest BCUT2D eigenvalue weighted by molar-refractivity contribution is 0.130. The maximum atomic E-state index is 11.8. The van der Waals surface area contributed by atoms with Gasteiger partial charge in [-0.05, 0) is 27.7 Å². The summed E-state index contributed by atoms with van der Waals surface area (Å²) in [5, 5.41) is 0. The lowest BCUT2D eigenvalue weighted by atomic mass is 10.1. The molecule has 0 radical (unpaired) electrons. The number of ether oxygens (including phenoxy) is 1. The van der Waals surface area contributed by atoms with Crippen LogP contribution in [0.4, 0.5) is 0 Å². The van der Waals surface area contributed by atoms with E-state index in [4.69, 9.17) is 4.74 Å². The van der Waals surface area contributed by atoms with Gasteiger partial charge < -0.3 is 9.72 Å². The Bertz CT molecular complexity index is 434. The normalized spacial score (nSPS) is 11.8. The van der Waals surface area contributed by atoms with Gasteiger partial charge in [-0.3, -0.25) is 9.36 Å². The van der Waals surface area contributed by atoms with E-state index in [9.17, 15) is 9.59 Å². The first-order valence-corrected chi connectivity index (χ1v) is 5.29. The fourth-order valence-electron chi connectivity index (χ4n) is 1.47. The molecule has 0 unspecified atom stereocenters. The molecule has 0 aromatic carbocycles. The molecule has 1 aromatic heterocycles. The third kappa shape index (κ3) is 2.82. The van der Waals surface area contributed by atoms with Gasteiger partial charge in [-0.1, -0.05) is 0 Å². The van der Waals surface area contributed by atoms with E-state index in [1.54, 1.807) is 0 Å². The minimum atomic E-state index is -0.519. The molecule has 5 heteroatoms. The molecule has 1 rings (SSSR count). The molecule has 0 atom stereocenters. The monoisotopic (exact) mass is 226 g/mol. The van der Waals surface area contributed by atoms with Gasteiger partial charge in [0, 0.05) is 18.2 Å². The summed E-state index contributed by atoms with van der Waals surface area (Å²) in [6.45, 7) is 8.09. The summed E-state index contributed by atoms with van der Waals surface area (Å²) in [5.41, 5.74) is -0.701. The fourth-order valence-corrected chi connectivity index (χ4v) is 1.47. The third-order valence-corrected chi connectivity index (χ3v) is 2.12. The molecule has 90 valence electrons. The molecule has 0 spiro atoms. The number of rotatable bonds is 3. The van der Waals surface area contributed by atoms with Crippen LogP contribution in [-0.4, -0.2) is 16.2 Å². The van der Waals surface area contributed by atoms with Crippen LogP contribution in [0.5, 0.6) is 0 Å². The van der Waals surface area contributed by atoms with Crippen LogP contribution in [0.1, 0.15) is 33.4 Å². The highest BCUT2D eigenvalue weighted by atomic mass is 16.5. The lowest BCUT2D eigenvalue weighted by Crippen LogP contribution is -2.44. The predicted octanol–water partition coefficient (Wildman–Crippen LogP) is 0.828. The maximum absolute atomic E-state index is 11.8. The Hall–Kier alpha value is -1.36. The van der Waals surface area contributed by atoms with Crippen LogP contribution in [0.2, 0.25) is 0 Å². The molecule has 0 fully saturated rings. The number of nitrogens with zero attached hydrogens (tertiary/aromatic N) is 1. The van der Waals surface area contributed by atoms with Gasteiger partial charge in [0.15, 0.2) is 0 Å². The quantitative estimate of drug-likeness (QED) is 0.830. The van der Waals surface area contributed by atoms with E-state index in [0.717, 1.165) is 0 Å². The fraction of sp³-hybridized carbons (Fsp3) is 0.636. The number of aromatic nitrogens is 2. The molecule has 1 N–H and O–H groups in total. The Morgan fingerprint density at radius 3 is 2.44 bits per heavy atom. The minimum Gasteiger partial charge on any atom is -0.376 e. The van der Waals surface area contributed by atoms with E-state index >= 15 is 0 Å². The summed E-state index contributed by atoms with van der Waals surface area (Å²) in [6.07, 6.45) is 0. The number of hydrogen-bond donors (Lipinski definition) is 1. The second-order valence-electron chi connectivity index (χ2n) is 4.58. The van der Waals surface area contributed by atoms with Crippen molar-refractivity contribution in [1.82, 2.24) is 9.55 Å². The van der Waals surface area contributed by atoms with E-state index in [1.807, 2.05) is 27.7 Å². The van der Waals surface area contributed by atoms with E-state index in [0.29, 0.717) is 12.3 Å². The molecular weight excluding hydrogens is 208 g/mol. The van der Waals surface area contributed by atoms with Crippen LogP contribution < -0.4 is 11.2 Å². The van der Waals surface area contributed by atoms with Gasteiger partial charge in [0.1, 0.15) is 0 Å². The van der Waals surface area contributed by atoms with Crippen molar-refractivity contribution in [3.63, 3.8) is 0 Å². The Kier molecular flexibility index (Phi) is 3.70. The van der Waals surface area contributed by atoms with Crippen LogP contribution in [0, 0.1) is 0 Å². The van der Waals surface area contributed by atoms with Gasteiger partial charge in [0.25, 0.3) is 5.56 Å². The average molecular weight is 226 g/mol. The molecule has 0 amide bonds. The van der Waals surface area contributed by atoms with Crippen molar-refractivity contribution in [2.45, 2.75) is 39.8 Å². The smallest absolute Gasteiger partial charge is 0.329 e. The predicted molar refractivity (Wildman–Crippen MR) is 61.6 cm³/mol. The van der Waals surface area contributed by atoms with Gasteiger partial charge in [0.2, 0.25) is 0 Å². The molecule has 0 aliphatic carbocycles. The zero-order valence-electron chi connectivity index (χ0n) is 10.2. The number of hydrogen-bond acceptors (Lipinski definition) is 3. The molecular formula is C11H18N2O3.